The summed E-state index contributed by atoms with van der Waals surface area (Å²) in [7, 11) is 1.53. The third kappa shape index (κ3) is 5.65. The lowest BCUT2D eigenvalue weighted by Gasteiger charge is -2.13. The molecule has 0 aliphatic rings. The molecule has 3 aromatic rings. The molecule has 0 spiro atoms. The molecule has 2 aromatic heterocycles. The molecule has 0 radical (unpaired) electrons. The largest absolute Gasteiger partial charge is 0.467 e. The number of ether oxygens (including phenoxy) is 2. The molecule has 3 rings (SSSR count). The van der Waals surface area contributed by atoms with Crippen LogP contribution >= 0.6 is 27.5 Å². The standard InChI is InChI=1S/C24H23BrClN5O3/c1-14-8-17(16(3)31(14)19-7-5-6-18(26)9-19)11-28-30-22(32)13-34-24-20(10-27)21(12-33-4)23(25)15(2)29-24/h5-9,11H,12-13H2,1-4H3,(H,30,32)/b28-11-. The Morgan fingerprint density at radius 2 is 2.12 bits per heavy atom. The number of aryl methyl sites for hydroxylation is 2. The average Bonchev–Trinajstić information content (AvgIpc) is 3.08. The molecule has 0 unspecified atom stereocenters. The van der Waals surface area contributed by atoms with Gasteiger partial charge in [-0.05, 0) is 61.0 Å². The van der Waals surface area contributed by atoms with Gasteiger partial charge in [-0.3, -0.25) is 4.79 Å². The predicted octanol–water partition coefficient (Wildman–Crippen LogP) is 4.76. The highest BCUT2D eigenvalue weighted by Crippen LogP contribution is 2.30. The Kier molecular flexibility index (Phi) is 8.45. The zero-order chi connectivity index (χ0) is 24.8. The normalized spacial score (nSPS) is 11.0. The van der Waals surface area contributed by atoms with Gasteiger partial charge in [0.1, 0.15) is 11.6 Å². The van der Waals surface area contributed by atoms with Crippen molar-refractivity contribution in [1.82, 2.24) is 15.0 Å². The van der Waals surface area contributed by atoms with Gasteiger partial charge in [-0.1, -0.05) is 17.7 Å². The number of nitrogens with zero attached hydrogens (tertiary/aromatic N) is 4. The number of methoxy groups -OCH3 is 1. The molecule has 1 amide bonds. The van der Waals surface area contributed by atoms with Crippen LogP contribution in [0.2, 0.25) is 5.02 Å². The molecule has 1 aromatic carbocycles. The number of aromatic nitrogens is 2. The summed E-state index contributed by atoms with van der Waals surface area (Å²) in [6.07, 6.45) is 1.57. The Bertz CT molecular complexity index is 1300. The van der Waals surface area contributed by atoms with Crippen LogP contribution in [0.15, 0.2) is 39.9 Å². The van der Waals surface area contributed by atoms with Crippen LogP contribution in [-0.4, -0.2) is 35.4 Å². The van der Waals surface area contributed by atoms with Crippen LogP contribution in [0, 0.1) is 32.1 Å². The minimum atomic E-state index is -0.487. The number of benzene rings is 1. The number of carbonyl (C=O) groups excluding carboxylic acids is 1. The fraction of sp³-hybridized carbons (Fsp3) is 0.250. The Balaban J connectivity index is 1.68. The summed E-state index contributed by atoms with van der Waals surface area (Å²) < 4.78 is 13.4. The van der Waals surface area contributed by atoms with E-state index in [1.807, 2.05) is 44.2 Å². The van der Waals surface area contributed by atoms with Crippen LogP contribution < -0.4 is 10.2 Å². The smallest absolute Gasteiger partial charge is 0.278 e. The zero-order valence-electron chi connectivity index (χ0n) is 19.1. The first-order valence-electron chi connectivity index (χ1n) is 10.2. The number of amides is 1. The summed E-state index contributed by atoms with van der Waals surface area (Å²) in [6, 6.07) is 11.6. The van der Waals surface area contributed by atoms with E-state index in [1.165, 1.54) is 7.11 Å². The van der Waals surface area contributed by atoms with E-state index >= 15 is 0 Å². The van der Waals surface area contributed by atoms with Crippen molar-refractivity contribution in [3.8, 4) is 17.6 Å². The number of hydrogen-bond donors (Lipinski definition) is 1. The van der Waals surface area contributed by atoms with Crippen molar-refractivity contribution in [1.29, 1.82) is 5.26 Å². The van der Waals surface area contributed by atoms with E-state index < -0.39 is 5.91 Å². The van der Waals surface area contributed by atoms with Crippen LogP contribution in [0.25, 0.3) is 5.69 Å². The molecule has 8 nitrogen and oxygen atoms in total. The van der Waals surface area contributed by atoms with Crippen molar-refractivity contribution in [2.45, 2.75) is 27.4 Å². The molecule has 2 heterocycles. The van der Waals surface area contributed by atoms with Gasteiger partial charge in [0.15, 0.2) is 6.61 Å². The SMILES string of the molecule is COCc1c(Br)c(C)nc(OCC(=O)N/N=C\c2cc(C)n(-c3cccc(Cl)c3)c2C)c1C#N. The topological polar surface area (TPSA) is 102 Å². The first-order valence-corrected chi connectivity index (χ1v) is 11.4. The van der Waals surface area contributed by atoms with Gasteiger partial charge in [-0.2, -0.15) is 10.4 Å². The maximum absolute atomic E-state index is 12.3. The second-order valence-corrected chi connectivity index (χ2v) is 8.67. The summed E-state index contributed by atoms with van der Waals surface area (Å²) in [5, 5.41) is 14.2. The van der Waals surface area contributed by atoms with Gasteiger partial charge in [-0.15, -0.1) is 0 Å². The quantitative estimate of drug-likeness (QED) is 0.325. The van der Waals surface area contributed by atoms with Gasteiger partial charge >= 0.3 is 0 Å². The first-order chi connectivity index (χ1) is 16.3. The average molecular weight is 545 g/mol. The molecule has 0 saturated heterocycles. The van der Waals surface area contributed by atoms with E-state index in [0.717, 1.165) is 22.6 Å². The number of carbonyl (C=O) groups is 1. The van der Waals surface area contributed by atoms with E-state index in [1.54, 1.807) is 13.1 Å². The summed E-state index contributed by atoms with van der Waals surface area (Å²) in [5.74, 6) is -0.418. The van der Waals surface area contributed by atoms with Gasteiger partial charge < -0.3 is 14.0 Å². The summed E-state index contributed by atoms with van der Waals surface area (Å²) in [5.41, 5.74) is 7.63. The lowest BCUT2D eigenvalue weighted by Crippen LogP contribution is -2.25. The van der Waals surface area contributed by atoms with E-state index in [4.69, 9.17) is 21.1 Å². The number of halogens is 2. The van der Waals surface area contributed by atoms with Crippen molar-refractivity contribution in [2.75, 3.05) is 13.7 Å². The van der Waals surface area contributed by atoms with E-state index in [9.17, 15) is 10.1 Å². The van der Waals surface area contributed by atoms with Crippen molar-refractivity contribution < 1.29 is 14.3 Å². The second-order valence-electron chi connectivity index (χ2n) is 7.44. The summed E-state index contributed by atoms with van der Waals surface area (Å²) in [4.78, 5) is 16.5. The Hall–Kier alpha value is -3.19. The molecule has 0 saturated carbocycles. The maximum atomic E-state index is 12.3. The van der Waals surface area contributed by atoms with Gasteiger partial charge in [0.2, 0.25) is 5.88 Å². The molecule has 10 heteroatoms. The Labute approximate surface area is 211 Å². The fourth-order valence-electron chi connectivity index (χ4n) is 3.48. The predicted molar refractivity (Wildman–Crippen MR) is 134 cm³/mol. The highest BCUT2D eigenvalue weighted by Gasteiger charge is 2.18. The van der Waals surface area contributed by atoms with Gasteiger partial charge in [0, 0.05) is 44.8 Å². The van der Waals surface area contributed by atoms with Gasteiger partial charge in [0.05, 0.1) is 18.5 Å². The number of hydrogen-bond acceptors (Lipinski definition) is 6. The molecule has 0 bridgehead atoms. The monoisotopic (exact) mass is 543 g/mol. The molecule has 0 aliphatic heterocycles. The molecule has 0 fully saturated rings. The van der Waals surface area contributed by atoms with Crippen molar-refractivity contribution >= 4 is 39.7 Å². The van der Waals surface area contributed by atoms with Gasteiger partial charge in [-0.25, -0.2) is 10.4 Å². The number of nitriles is 1. The number of rotatable bonds is 8. The lowest BCUT2D eigenvalue weighted by atomic mass is 10.1. The third-order valence-electron chi connectivity index (χ3n) is 5.04. The number of hydrazone groups is 1. The minimum Gasteiger partial charge on any atom is -0.467 e. The maximum Gasteiger partial charge on any atom is 0.278 e. The van der Waals surface area contributed by atoms with E-state index in [-0.39, 0.29) is 24.7 Å². The van der Waals surface area contributed by atoms with Crippen molar-refractivity contribution in [3.05, 3.63) is 73.6 Å². The third-order valence-corrected chi connectivity index (χ3v) is 6.33. The molecule has 1 N–H and O–H groups in total. The Morgan fingerprint density at radius 3 is 2.79 bits per heavy atom. The van der Waals surface area contributed by atoms with Gasteiger partial charge in [0.25, 0.3) is 5.91 Å². The van der Waals surface area contributed by atoms with E-state index in [0.29, 0.717) is 20.8 Å². The molecule has 0 atom stereocenters. The summed E-state index contributed by atoms with van der Waals surface area (Å²) in [6.45, 7) is 5.56. The fourth-order valence-corrected chi connectivity index (χ4v) is 4.07. The lowest BCUT2D eigenvalue weighted by molar-refractivity contribution is -0.123. The highest BCUT2D eigenvalue weighted by atomic mass is 79.9. The van der Waals surface area contributed by atoms with Crippen molar-refractivity contribution in [3.63, 3.8) is 0 Å². The van der Waals surface area contributed by atoms with Crippen LogP contribution in [0.3, 0.4) is 0 Å². The van der Waals surface area contributed by atoms with Crippen molar-refractivity contribution in [2.24, 2.45) is 5.10 Å². The second kappa shape index (κ2) is 11.3. The molecular weight excluding hydrogens is 522 g/mol. The minimum absolute atomic E-state index is 0.0689. The Morgan fingerprint density at radius 1 is 1.35 bits per heavy atom. The highest BCUT2D eigenvalue weighted by molar-refractivity contribution is 9.10. The van der Waals surface area contributed by atoms with Crippen LogP contribution in [-0.2, 0) is 16.1 Å². The first kappa shape index (κ1) is 25.4. The molecule has 176 valence electrons. The van der Waals surface area contributed by atoms with Crippen LogP contribution in [0.4, 0.5) is 0 Å². The molecule has 0 aliphatic carbocycles. The summed E-state index contributed by atoms with van der Waals surface area (Å²) >= 11 is 9.55. The molecule has 34 heavy (non-hydrogen) atoms. The number of nitrogens with one attached hydrogen (secondary N) is 1. The molecular formula is C24H23BrClN5O3. The van der Waals surface area contributed by atoms with Crippen LogP contribution in [0.5, 0.6) is 5.88 Å². The zero-order valence-corrected chi connectivity index (χ0v) is 21.5. The van der Waals surface area contributed by atoms with E-state index in [2.05, 4.69) is 42.1 Å². The number of pyridine rings is 1. The van der Waals surface area contributed by atoms with Crippen LogP contribution in [0.1, 0.15) is 33.8 Å².